The van der Waals surface area contributed by atoms with Crippen LogP contribution in [0.3, 0.4) is 0 Å². The first-order valence-electron chi connectivity index (χ1n) is 7.31. The van der Waals surface area contributed by atoms with Gasteiger partial charge in [-0.25, -0.2) is 8.42 Å². The van der Waals surface area contributed by atoms with E-state index in [1.807, 2.05) is 0 Å². The van der Waals surface area contributed by atoms with Crippen molar-refractivity contribution in [3.05, 3.63) is 23.9 Å². The zero-order chi connectivity index (χ0) is 16.3. The molecule has 1 amide bonds. The first-order valence-corrected chi connectivity index (χ1v) is 8.92. The first-order chi connectivity index (χ1) is 10.3. The normalized spacial score (nSPS) is 20.1. The summed E-state index contributed by atoms with van der Waals surface area (Å²) in [7, 11) is -3.38. The molecule has 0 spiro atoms. The van der Waals surface area contributed by atoms with Crippen molar-refractivity contribution in [3.63, 3.8) is 0 Å². The van der Waals surface area contributed by atoms with E-state index in [9.17, 15) is 13.2 Å². The van der Waals surface area contributed by atoms with Gasteiger partial charge in [0.15, 0.2) is 0 Å². The monoisotopic (exact) mass is 362 g/mol. The molecule has 2 heterocycles. The maximum Gasteiger partial charge on any atom is 0.256 e. The smallest absolute Gasteiger partial charge is 0.256 e. The Labute approximate surface area is 143 Å². The minimum absolute atomic E-state index is 0. The van der Waals surface area contributed by atoms with Crippen LogP contribution in [0.4, 0.5) is 0 Å². The highest BCUT2D eigenvalue weighted by Crippen LogP contribution is 2.16. The van der Waals surface area contributed by atoms with Gasteiger partial charge in [-0.15, -0.1) is 16.8 Å². The number of fused-ring (bicyclic) bond motifs is 1. The fraction of sp³-hybridized carbons (Fsp3) is 0.571. The number of carbonyl (C=O) groups is 1. The predicted molar refractivity (Wildman–Crippen MR) is 92.8 cm³/mol. The molecule has 23 heavy (non-hydrogen) atoms. The second kappa shape index (κ2) is 7.94. The number of amidine groups is 1. The highest BCUT2D eigenvalue weighted by Gasteiger charge is 2.25. The second-order valence-electron chi connectivity index (χ2n) is 5.88. The summed E-state index contributed by atoms with van der Waals surface area (Å²) in [5.41, 5.74) is 6.16. The highest BCUT2D eigenvalue weighted by molar-refractivity contribution is 7.90. The summed E-state index contributed by atoms with van der Waals surface area (Å²) < 4.78 is 26.6. The van der Waals surface area contributed by atoms with Crippen molar-refractivity contribution in [2.24, 2.45) is 16.0 Å². The molecule has 7 nitrogen and oxygen atoms in total. The number of amides is 1. The Balaban J connectivity index is 0.00000264. The molecule has 1 atom stereocenters. The third-order valence-corrected chi connectivity index (χ3v) is 4.63. The summed E-state index contributed by atoms with van der Waals surface area (Å²) in [5, 5.41) is 2.91. The molecular weight excluding hydrogens is 340 g/mol. The average Bonchev–Trinajstić information content (AvgIpc) is 2.44. The minimum Gasteiger partial charge on any atom is -0.348 e. The summed E-state index contributed by atoms with van der Waals surface area (Å²) in [5.74, 6) is 0.532. The van der Waals surface area contributed by atoms with Crippen LogP contribution in [0.2, 0.25) is 0 Å². The topological polar surface area (TPSA) is 105 Å². The molecule has 2 rings (SSSR count). The van der Waals surface area contributed by atoms with Crippen LogP contribution in [0.1, 0.15) is 20.3 Å². The lowest BCUT2D eigenvalue weighted by Crippen LogP contribution is -2.43. The van der Waals surface area contributed by atoms with E-state index in [4.69, 9.17) is 5.73 Å². The second-order valence-corrected chi connectivity index (χ2v) is 7.64. The number of hydrogen-bond acceptors (Lipinski definition) is 5. The Morgan fingerprint density at radius 1 is 1.43 bits per heavy atom. The summed E-state index contributed by atoms with van der Waals surface area (Å²) in [6.45, 7) is 4.83. The zero-order valence-electron chi connectivity index (χ0n) is 13.2. The fourth-order valence-electron chi connectivity index (χ4n) is 2.39. The van der Waals surface area contributed by atoms with Gasteiger partial charge in [-0.05, 0) is 24.5 Å². The quantitative estimate of drug-likeness (QED) is 0.736. The molecule has 9 heteroatoms. The molecule has 1 unspecified atom stereocenters. The third kappa shape index (κ3) is 5.33. The molecule has 0 bridgehead atoms. The Morgan fingerprint density at radius 3 is 2.74 bits per heavy atom. The summed E-state index contributed by atoms with van der Waals surface area (Å²) in [4.78, 5) is 14.0. The lowest BCUT2D eigenvalue weighted by atomic mass is 10.0. The Kier molecular flexibility index (Phi) is 6.79. The number of sulfonamides is 1. The number of nitrogens with zero attached hydrogens (tertiary/aromatic N) is 2. The van der Waals surface area contributed by atoms with Gasteiger partial charge in [-0.1, -0.05) is 13.8 Å². The van der Waals surface area contributed by atoms with E-state index in [2.05, 4.69) is 23.6 Å². The van der Waals surface area contributed by atoms with Gasteiger partial charge in [0, 0.05) is 25.3 Å². The summed E-state index contributed by atoms with van der Waals surface area (Å²) in [6, 6.07) is -0.0707. The van der Waals surface area contributed by atoms with Crippen molar-refractivity contribution in [1.82, 2.24) is 10.2 Å². The van der Waals surface area contributed by atoms with Gasteiger partial charge in [0.05, 0.1) is 11.3 Å². The third-order valence-electron chi connectivity index (χ3n) is 3.46. The number of rotatable bonds is 5. The van der Waals surface area contributed by atoms with Gasteiger partial charge in [0.1, 0.15) is 5.84 Å². The first kappa shape index (κ1) is 19.7. The van der Waals surface area contributed by atoms with Crippen LogP contribution in [-0.2, 0) is 14.8 Å². The maximum atomic E-state index is 12.3. The molecule has 3 N–H and O–H groups in total. The number of halogens is 1. The van der Waals surface area contributed by atoms with Crippen LogP contribution in [0.15, 0.2) is 28.3 Å². The average molecular weight is 363 g/mol. The maximum absolute atomic E-state index is 12.3. The van der Waals surface area contributed by atoms with Gasteiger partial charge in [0.25, 0.3) is 15.9 Å². The van der Waals surface area contributed by atoms with E-state index >= 15 is 0 Å². The molecule has 0 fully saturated rings. The molecule has 0 saturated carbocycles. The molecule has 0 aromatic carbocycles. The minimum atomic E-state index is -3.38. The Hall–Kier alpha value is -1.38. The Morgan fingerprint density at radius 2 is 2.13 bits per heavy atom. The van der Waals surface area contributed by atoms with E-state index in [0.29, 0.717) is 30.4 Å². The van der Waals surface area contributed by atoms with E-state index in [0.717, 1.165) is 6.42 Å². The van der Waals surface area contributed by atoms with Crippen LogP contribution in [0.5, 0.6) is 0 Å². The van der Waals surface area contributed by atoms with Crippen LogP contribution in [0.25, 0.3) is 0 Å². The number of hydrogen-bond donors (Lipinski definition) is 2. The lowest BCUT2D eigenvalue weighted by molar-refractivity contribution is -0.118. The van der Waals surface area contributed by atoms with Crippen LogP contribution in [-0.4, -0.2) is 49.9 Å². The molecule has 0 aliphatic carbocycles. The standard InChI is InChI=1S/C14H22N4O3S.ClH/c1-10(2)7-12(8-15)16-14(19)11-3-4-13-17-22(20,21)6-5-18(13)9-11;/h3-4,9-10,12H,5-8,15H2,1-2H3,(H,16,19);1H. The molecule has 2 aliphatic rings. The number of nitrogens with one attached hydrogen (secondary N) is 1. The van der Waals surface area contributed by atoms with Gasteiger partial charge in [0.2, 0.25) is 0 Å². The Bertz CT molecular complexity index is 640. The molecule has 2 aliphatic heterocycles. The molecule has 0 aromatic rings. The zero-order valence-corrected chi connectivity index (χ0v) is 14.9. The number of nitrogens with two attached hydrogens (primary N) is 1. The molecular formula is C14H23ClN4O3S. The molecule has 0 saturated heterocycles. The van der Waals surface area contributed by atoms with E-state index < -0.39 is 10.0 Å². The predicted octanol–water partition coefficient (Wildman–Crippen LogP) is 0.395. The SMILES string of the molecule is CC(C)CC(CN)NC(=O)C1=CN2CCS(=O)(=O)N=C2C=C1.Cl. The fourth-order valence-corrected chi connectivity index (χ4v) is 3.36. The largest absolute Gasteiger partial charge is 0.348 e. The van der Waals surface area contributed by atoms with Crippen molar-refractivity contribution in [1.29, 1.82) is 0 Å². The molecule has 0 radical (unpaired) electrons. The highest BCUT2D eigenvalue weighted by atomic mass is 35.5. The van der Waals surface area contributed by atoms with Crippen molar-refractivity contribution in [3.8, 4) is 0 Å². The summed E-state index contributed by atoms with van der Waals surface area (Å²) >= 11 is 0. The summed E-state index contributed by atoms with van der Waals surface area (Å²) in [6.07, 6.45) is 5.57. The van der Waals surface area contributed by atoms with Gasteiger partial charge in [-0.2, -0.15) is 0 Å². The van der Waals surface area contributed by atoms with E-state index in [1.54, 1.807) is 23.3 Å². The van der Waals surface area contributed by atoms with Crippen molar-refractivity contribution < 1.29 is 13.2 Å². The van der Waals surface area contributed by atoms with Gasteiger partial charge in [-0.3, -0.25) is 4.79 Å². The van der Waals surface area contributed by atoms with Gasteiger partial charge >= 0.3 is 0 Å². The lowest BCUT2D eigenvalue weighted by Gasteiger charge is -2.27. The van der Waals surface area contributed by atoms with E-state index in [-0.39, 0.29) is 30.1 Å². The van der Waals surface area contributed by atoms with Crippen molar-refractivity contribution in [2.75, 3.05) is 18.8 Å². The molecule has 130 valence electrons. The van der Waals surface area contributed by atoms with Crippen molar-refractivity contribution in [2.45, 2.75) is 26.3 Å². The van der Waals surface area contributed by atoms with Crippen LogP contribution >= 0.6 is 12.4 Å². The van der Waals surface area contributed by atoms with Crippen LogP contribution < -0.4 is 11.1 Å². The molecule has 0 aromatic heterocycles. The van der Waals surface area contributed by atoms with Gasteiger partial charge < -0.3 is 16.0 Å². The number of carbonyl (C=O) groups excluding carboxylic acids is 1. The van der Waals surface area contributed by atoms with Crippen LogP contribution in [0, 0.1) is 5.92 Å². The van der Waals surface area contributed by atoms with E-state index in [1.165, 1.54) is 0 Å². The van der Waals surface area contributed by atoms with Crippen molar-refractivity contribution >= 4 is 34.2 Å².